The number of phenols is 1. The molecule has 0 amide bonds. The van der Waals surface area contributed by atoms with Crippen LogP contribution in [0.2, 0.25) is 0 Å². The highest BCUT2D eigenvalue weighted by atomic mass is 16.6. The van der Waals surface area contributed by atoms with Crippen LogP contribution in [0.5, 0.6) is 5.75 Å². The van der Waals surface area contributed by atoms with Crippen molar-refractivity contribution >= 4 is 22.8 Å². The normalized spacial score (nSPS) is 12.2. The summed E-state index contributed by atoms with van der Waals surface area (Å²) in [5.41, 5.74) is 2.10. The molecule has 2 heterocycles. The largest absolute Gasteiger partial charge is 0.506 e. The summed E-state index contributed by atoms with van der Waals surface area (Å²) in [6, 6.07) is 7.49. The number of nitro benzene ring substituents is 1. The number of aromatic hydroxyl groups is 1. The van der Waals surface area contributed by atoms with Crippen LogP contribution in [0.25, 0.3) is 5.65 Å². The van der Waals surface area contributed by atoms with Gasteiger partial charge in [-0.3, -0.25) is 14.5 Å². The van der Waals surface area contributed by atoms with Gasteiger partial charge in [0, 0.05) is 23.7 Å². The van der Waals surface area contributed by atoms with Gasteiger partial charge in [-0.05, 0) is 24.6 Å². The highest BCUT2D eigenvalue weighted by molar-refractivity contribution is 5.58. The standard InChI is InChI=1S/C18H19N5O3/c1-11-5-8-15-19-16(18(2,3)4)17(22(15)10-11)21-20-13-9-12(23(25)26)6-7-14(13)24/h5-10,24H,1-4H3. The number of phenolic OH excluding ortho intramolecular Hbond substituents is 1. The van der Waals surface area contributed by atoms with Crippen LogP contribution in [0.3, 0.4) is 0 Å². The zero-order chi connectivity index (χ0) is 19.1. The first-order valence-electron chi connectivity index (χ1n) is 8.05. The Labute approximate surface area is 150 Å². The van der Waals surface area contributed by atoms with Crippen LogP contribution in [0.15, 0.2) is 46.8 Å². The summed E-state index contributed by atoms with van der Waals surface area (Å²) >= 11 is 0. The third-order valence-electron chi connectivity index (χ3n) is 3.87. The van der Waals surface area contributed by atoms with Gasteiger partial charge in [0.05, 0.1) is 10.6 Å². The molecule has 0 radical (unpaired) electrons. The first-order valence-corrected chi connectivity index (χ1v) is 8.05. The van der Waals surface area contributed by atoms with E-state index in [1.165, 1.54) is 18.2 Å². The number of azo groups is 1. The highest BCUT2D eigenvalue weighted by Crippen LogP contribution is 2.35. The number of imidazole rings is 1. The lowest BCUT2D eigenvalue weighted by atomic mass is 9.92. The number of non-ortho nitro benzene ring substituents is 1. The van der Waals surface area contributed by atoms with Crippen LogP contribution in [0.4, 0.5) is 17.2 Å². The molecule has 3 aromatic rings. The summed E-state index contributed by atoms with van der Waals surface area (Å²) < 4.78 is 1.83. The van der Waals surface area contributed by atoms with Crippen molar-refractivity contribution in [3.63, 3.8) is 0 Å². The number of fused-ring (bicyclic) bond motifs is 1. The number of pyridine rings is 1. The average Bonchev–Trinajstić information content (AvgIpc) is 2.92. The van der Waals surface area contributed by atoms with Crippen LogP contribution in [0, 0.1) is 17.0 Å². The number of hydrogen-bond donors (Lipinski definition) is 1. The average molecular weight is 353 g/mol. The van der Waals surface area contributed by atoms with Gasteiger partial charge in [-0.1, -0.05) is 26.8 Å². The summed E-state index contributed by atoms with van der Waals surface area (Å²) in [5, 5.41) is 29.2. The molecule has 0 atom stereocenters. The molecule has 0 bridgehead atoms. The second kappa shape index (κ2) is 6.21. The van der Waals surface area contributed by atoms with E-state index < -0.39 is 4.92 Å². The van der Waals surface area contributed by atoms with Crippen molar-refractivity contribution in [2.24, 2.45) is 10.2 Å². The molecule has 0 aliphatic rings. The maximum atomic E-state index is 10.9. The van der Waals surface area contributed by atoms with Gasteiger partial charge in [0.1, 0.15) is 17.1 Å². The van der Waals surface area contributed by atoms with Gasteiger partial charge in [0.15, 0.2) is 5.82 Å². The maximum absolute atomic E-state index is 10.9. The highest BCUT2D eigenvalue weighted by Gasteiger charge is 2.24. The molecule has 0 saturated carbocycles. The maximum Gasteiger partial charge on any atom is 0.271 e. The van der Waals surface area contributed by atoms with Crippen LogP contribution >= 0.6 is 0 Å². The lowest BCUT2D eigenvalue weighted by Crippen LogP contribution is -2.11. The van der Waals surface area contributed by atoms with E-state index in [1.54, 1.807) is 0 Å². The summed E-state index contributed by atoms with van der Waals surface area (Å²) in [4.78, 5) is 15.0. The third kappa shape index (κ3) is 3.26. The molecular formula is C18H19N5O3. The lowest BCUT2D eigenvalue weighted by molar-refractivity contribution is -0.384. The summed E-state index contributed by atoms with van der Waals surface area (Å²) in [5.74, 6) is 0.351. The smallest absolute Gasteiger partial charge is 0.271 e. The summed E-state index contributed by atoms with van der Waals surface area (Å²) in [6.07, 6.45) is 1.90. The van der Waals surface area contributed by atoms with E-state index in [9.17, 15) is 15.2 Å². The second-order valence-corrected chi connectivity index (χ2v) is 7.10. The van der Waals surface area contributed by atoms with Crippen molar-refractivity contribution in [1.29, 1.82) is 0 Å². The number of nitrogens with zero attached hydrogens (tertiary/aromatic N) is 5. The topological polar surface area (TPSA) is 105 Å². The van der Waals surface area contributed by atoms with Gasteiger partial charge in [-0.25, -0.2) is 4.98 Å². The monoisotopic (exact) mass is 353 g/mol. The van der Waals surface area contributed by atoms with Crippen LogP contribution in [-0.4, -0.2) is 19.4 Å². The Morgan fingerprint density at radius 2 is 1.92 bits per heavy atom. The first kappa shape index (κ1) is 17.5. The van der Waals surface area contributed by atoms with Crippen molar-refractivity contribution < 1.29 is 10.0 Å². The Morgan fingerprint density at radius 3 is 2.58 bits per heavy atom. The predicted octanol–water partition coefficient (Wildman–Crippen LogP) is 4.97. The fourth-order valence-corrected chi connectivity index (χ4v) is 2.54. The Bertz CT molecular complexity index is 1030. The minimum Gasteiger partial charge on any atom is -0.506 e. The van der Waals surface area contributed by atoms with Gasteiger partial charge < -0.3 is 5.11 Å². The minimum absolute atomic E-state index is 0.0293. The lowest BCUT2D eigenvalue weighted by Gasteiger charge is -2.15. The molecule has 8 nitrogen and oxygen atoms in total. The van der Waals surface area contributed by atoms with Gasteiger partial charge in [-0.2, -0.15) is 0 Å². The zero-order valence-electron chi connectivity index (χ0n) is 15.0. The van der Waals surface area contributed by atoms with Crippen LogP contribution in [-0.2, 0) is 5.41 Å². The van der Waals surface area contributed by atoms with Crippen LogP contribution < -0.4 is 0 Å². The van der Waals surface area contributed by atoms with Gasteiger partial charge >= 0.3 is 0 Å². The number of hydrogen-bond acceptors (Lipinski definition) is 6. The summed E-state index contributed by atoms with van der Waals surface area (Å²) in [6.45, 7) is 8.02. The van der Waals surface area contributed by atoms with Crippen molar-refractivity contribution in [3.05, 3.63) is 57.9 Å². The van der Waals surface area contributed by atoms with Crippen molar-refractivity contribution in [2.75, 3.05) is 0 Å². The molecule has 0 saturated heterocycles. The van der Waals surface area contributed by atoms with Crippen LogP contribution in [0.1, 0.15) is 32.0 Å². The van der Waals surface area contributed by atoms with E-state index >= 15 is 0 Å². The minimum atomic E-state index is -0.545. The van der Waals surface area contributed by atoms with E-state index in [0.717, 1.165) is 16.9 Å². The number of aromatic nitrogens is 2. The SMILES string of the molecule is Cc1ccc2nc(C(C)(C)C)c(N=Nc3cc([N+](=O)[O-])ccc3O)n2c1. The molecular weight excluding hydrogens is 334 g/mol. The zero-order valence-corrected chi connectivity index (χ0v) is 15.0. The fraction of sp³-hybridized carbons (Fsp3) is 0.278. The molecule has 2 aromatic heterocycles. The number of benzene rings is 1. The third-order valence-corrected chi connectivity index (χ3v) is 3.87. The van der Waals surface area contributed by atoms with Gasteiger partial charge in [0.25, 0.3) is 5.69 Å². The van der Waals surface area contributed by atoms with Crippen molar-refractivity contribution in [2.45, 2.75) is 33.1 Å². The Kier molecular flexibility index (Phi) is 4.19. The number of nitro groups is 1. The molecule has 0 aliphatic heterocycles. The van der Waals surface area contributed by atoms with Gasteiger partial charge in [0.2, 0.25) is 0 Å². The number of rotatable bonds is 3. The van der Waals surface area contributed by atoms with E-state index in [1.807, 2.05) is 50.4 Å². The first-order chi connectivity index (χ1) is 12.2. The molecule has 26 heavy (non-hydrogen) atoms. The molecule has 1 N–H and O–H groups in total. The molecule has 0 aliphatic carbocycles. The molecule has 1 aromatic carbocycles. The Morgan fingerprint density at radius 1 is 1.19 bits per heavy atom. The molecule has 8 heteroatoms. The van der Waals surface area contributed by atoms with E-state index in [4.69, 9.17) is 0 Å². The Balaban J connectivity index is 2.16. The molecule has 0 unspecified atom stereocenters. The fourth-order valence-electron chi connectivity index (χ4n) is 2.54. The molecule has 3 rings (SSSR count). The van der Waals surface area contributed by atoms with Crippen molar-refractivity contribution in [1.82, 2.24) is 9.38 Å². The molecule has 0 spiro atoms. The van der Waals surface area contributed by atoms with E-state index in [2.05, 4.69) is 15.2 Å². The van der Waals surface area contributed by atoms with E-state index in [0.29, 0.717) is 5.82 Å². The predicted molar refractivity (Wildman–Crippen MR) is 97.6 cm³/mol. The molecule has 134 valence electrons. The quantitative estimate of drug-likeness (QED) is 0.407. The summed E-state index contributed by atoms with van der Waals surface area (Å²) in [7, 11) is 0. The molecule has 0 fully saturated rings. The van der Waals surface area contributed by atoms with Crippen molar-refractivity contribution in [3.8, 4) is 5.75 Å². The Hall–Kier alpha value is -3.29. The van der Waals surface area contributed by atoms with E-state index in [-0.39, 0.29) is 22.5 Å². The number of aryl methyl sites for hydroxylation is 1. The van der Waals surface area contributed by atoms with Gasteiger partial charge in [-0.15, -0.1) is 10.2 Å². The second-order valence-electron chi connectivity index (χ2n) is 7.10.